The second-order valence-electron chi connectivity index (χ2n) is 6.99. The molecular formula is C22H21N5O2. The average Bonchev–Trinajstić information content (AvgIpc) is 3.23. The first kappa shape index (κ1) is 18.5. The van der Waals surface area contributed by atoms with Crippen molar-refractivity contribution in [3.63, 3.8) is 0 Å². The van der Waals surface area contributed by atoms with E-state index in [-0.39, 0.29) is 11.8 Å². The first-order valence-corrected chi connectivity index (χ1v) is 9.24. The lowest BCUT2D eigenvalue weighted by atomic mass is 10.0. The first-order chi connectivity index (χ1) is 14.0. The molecule has 0 saturated heterocycles. The summed E-state index contributed by atoms with van der Waals surface area (Å²) in [5.41, 5.74) is 5.40. The maximum atomic E-state index is 11.1. The van der Waals surface area contributed by atoms with Gasteiger partial charge in [-0.3, -0.25) is 9.89 Å². The van der Waals surface area contributed by atoms with Gasteiger partial charge in [0.1, 0.15) is 0 Å². The standard InChI is InChI=1S/C22H21N5O2/c1-13-9-21(27-26-13)23-12-19-18-11-16(5-8-20(18)25-22(19)29)10-15-3-6-17(7-4-15)24-14(2)28/h3-9,11-12,25,29H,10H2,1-2H3,(H,24,28)(H,26,27). The number of aromatic nitrogens is 3. The number of aryl methyl sites for hydroxylation is 1. The van der Waals surface area contributed by atoms with Crippen molar-refractivity contribution in [2.75, 3.05) is 5.32 Å². The SMILES string of the molecule is CC(=O)Nc1ccc(Cc2ccc3[nH]c(O)c(C=Nc4cc(C)[nH]n4)c3c2)cc1. The molecule has 4 aromatic rings. The van der Waals surface area contributed by atoms with Gasteiger partial charge in [-0.05, 0) is 48.7 Å². The summed E-state index contributed by atoms with van der Waals surface area (Å²) in [5.74, 6) is 0.550. The first-order valence-electron chi connectivity index (χ1n) is 9.24. The molecule has 0 unspecified atom stereocenters. The highest BCUT2D eigenvalue weighted by atomic mass is 16.3. The van der Waals surface area contributed by atoms with Gasteiger partial charge in [-0.25, -0.2) is 4.99 Å². The van der Waals surface area contributed by atoms with Crippen molar-refractivity contribution in [2.24, 2.45) is 4.99 Å². The van der Waals surface area contributed by atoms with Crippen molar-refractivity contribution in [3.05, 3.63) is 70.9 Å². The van der Waals surface area contributed by atoms with Crippen LogP contribution in [0.15, 0.2) is 53.5 Å². The van der Waals surface area contributed by atoms with Crippen molar-refractivity contribution < 1.29 is 9.90 Å². The molecule has 4 rings (SSSR count). The average molecular weight is 387 g/mol. The minimum atomic E-state index is -0.0883. The molecule has 146 valence electrons. The van der Waals surface area contributed by atoms with Crippen molar-refractivity contribution in [1.29, 1.82) is 0 Å². The number of aliphatic imine (C=N–C) groups is 1. The van der Waals surface area contributed by atoms with Gasteiger partial charge in [0.2, 0.25) is 5.91 Å². The third-order valence-electron chi connectivity index (χ3n) is 4.58. The van der Waals surface area contributed by atoms with Crippen LogP contribution in [0.5, 0.6) is 5.88 Å². The molecule has 0 spiro atoms. The molecule has 0 aliphatic carbocycles. The van der Waals surface area contributed by atoms with Gasteiger partial charge in [0.25, 0.3) is 0 Å². The molecule has 0 saturated carbocycles. The summed E-state index contributed by atoms with van der Waals surface area (Å²) >= 11 is 0. The van der Waals surface area contributed by atoms with Crippen LogP contribution < -0.4 is 5.32 Å². The van der Waals surface area contributed by atoms with Crippen LogP contribution in [0.3, 0.4) is 0 Å². The van der Waals surface area contributed by atoms with E-state index in [1.165, 1.54) is 6.92 Å². The smallest absolute Gasteiger partial charge is 0.221 e. The number of fused-ring (bicyclic) bond motifs is 1. The maximum absolute atomic E-state index is 11.1. The number of aromatic hydroxyl groups is 1. The van der Waals surface area contributed by atoms with E-state index in [1.807, 2.05) is 55.5 Å². The topological polar surface area (TPSA) is 106 Å². The lowest BCUT2D eigenvalue weighted by Gasteiger charge is -2.05. The number of hydrogen-bond acceptors (Lipinski definition) is 4. The van der Waals surface area contributed by atoms with Gasteiger partial charge in [0, 0.05) is 41.5 Å². The highest BCUT2D eigenvalue weighted by Crippen LogP contribution is 2.28. The largest absolute Gasteiger partial charge is 0.494 e. The van der Waals surface area contributed by atoms with Crippen LogP contribution in [0.4, 0.5) is 11.5 Å². The van der Waals surface area contributed by atoms with Crippen LogP contribution in [0.1, 0.15) is 29.3 Å². The van der Waals surface area contributed by atoms with E-state index in [0.717, 1.165) is 39.8 Å². The molecule has 7 heteroatoms. The highest BCUT2D eigenvalue weighted by molar-refractivity contribution is 6.02. The lowest BCUT2D eigenvalue weighted by Crippen LogP contribution is -2.05. The number of benzene rings is 2. The zero-order valence-electron chi connectivity index (χ0n) is 16.2. The normalized spacial score (nSPS) is 11.4. The summed E-state index contributed by atoms with van der Waals surface area (Å²) in [6, 6.07) is 15.6. The molecule has 0 atom stereocenters. The zero-order valence-corrected chi connectivity index (χ0v) is 16.2. The number of amides is 1. The fraction of sp³-hybridized carbons (Fsp3) is 0.136. The number of anilines is 1. The molecule has 0 fully saturated rings. The molecule has 7 nitrogen and oxygen atoms in total. The van der Waals surface area contributed by atoms with Gasteiger partial charge >= 0.3 is 0 Å². The fourth-order valence-corrected chi connectivity index (χ4v) is 3.23. The molecule has 2 aromatic heterocycles. The van der Waals surface area contributed by atoms with E-state index in [0.29, 0.717) is 11.4 Å². The Bertz CT molecular complexity index is 1200. The van der Waals surface area contributed by atoms with Crippen molar-refractivity contribution in [1.82, 2.24) is 15.2 Å². The minimum Gasteiger partial charge on any atom is -0.494 e. The highest BCUT2D eigenvalue weighted by Gasteiger charge is 2.10. The number of nitrogens with zero attached hydrogens (tertiary/aromatic N) is 2. The Morgan fingerprint density at radius 3 is 2.62 bits per heavy atom. The Hall–Kier alpha value is -3.87. The summed E-state index contributed by atoms with van der Waals surface area (Å²) in [7, 11) is 0. The predicted octanol–water partition coefficient (Wildman–Crippen LogP) is 4.20. The number of carbonyl (C=O) groups is 1. The molecule has 29 heavy (non-hydrogen) atoms. The van der Waals surface area contributed by atoms with Gasteiger partial charge in [0.05, 0.1) is 5.56 Å². The summed E-state index contributed by atoms with van der Waals surface area (Å²) in [6.07, 6.45) is 2.35. The second kappa shape index (κ2) is 7.63. The third-order valence-corrected chi connectivity index (χ3v) is 4.58. The summed E-state index contributed by atoms with van der Waals surface area (Å²) in [6.45, 7) is 3.40. The maximum Gasteiger partial charge on any atom is 0.221 e. The molecule has 0 aliphatic heterocycles. The van der Waals surface area contributed by atoms with Gasteiger partial charge in [-0.1, -0.05) is 18.2 Å². The van der Waals surface area contributed by atoms with Crippen LogP contribution in [0.25, 0.3) is 10.9 Å². The number of carbonyl (C=O) groups excluding carboxylic acids is 1. The summed E-state index contributed by atoms with van der Waals surface area (Å²) in [5, 5.41) is 20.9. The molecule has 1 amide bonds. The Kier molecular flexibility index (Phi) is 4.87. The molecule has 2 heterocycles. The number of aromatic amines is 2. The van der Waals surface area contributed by atoms with Crippen LogP contribution in [0.2, 0.25) is 0 Å². The van der Waals surface area contributed by atoms with E-state index < -0.39 is 0 Å². The number of rotatable bonds is 5. The fourth-order valence-electron chi connectivity index (χ4n) is 3.23. The van der Waals surface area contributed by atoms with Gasteiger partial charge < -0.3 is 15.4 Å². The van der Waals surface area contributed by atoms with E-state index in [2.05, 4.69) is 25.5 Å². The number of H-pyrrole nitrogens is 2. The second-order valence-corrected chi connectivity index (χ2v) is 6.99. The zero-order chi connectivity index (χ0) is 20.4. The Balaban J connectivity index is 1.60. The summed E-state index contributed by atoms with van der Waals surface area (Å²) < 4.78 is 0. The molecular weight excluding hydrogens is 366 g/mol. The van der Waals surface area contributed by atoms with Gasteiger partial charge in [-0.15, -0.1) is 0 Å². The predicted molar refractivity (Wildman–Crippen MR) is 114 cm³/mol. The van der Waals surface area contributed by atoms with E-state index in [4.69, 9.17) is 0 Å². The van der Waals surface area contributed by atoms with Crippen molar-refractivity contribution >= 4 is 34.5 Å². The lowest BCUT2D eigenvalue weighted by molar-refractivity contribution is -0.114. The number of nitrogens with one attached hydrogen (secondary N) is 3. The molecule has 2 aromatic carbocycles. The van der Waals surface area contributed by atoms with Crippen molar-refractivity contribution in [2.45, 2.75) is 20.3 Å². The van der Waals surface area contributed by atoms with Crippen LogP contribution >= 0.6 is 0 Å². The van der Waals surface area contributed by atoms with Crippen molar-refractivity contribution in [3.8, 4) is 5.88 Å². The molecule has 4 N–H and O–H groups in total. The molecule has 0 radical (unpaired) electrons. The third kappa shape index (κ3) is 4.19. The van der Waals surface area contributed by atoms with E-state index in [9.17, 15) is 9.90 Å². The minimum absolute atomic E-state index is 0.0767. The monoisotopic (exact) mass is 387 g/mol. The van der Waals surface area contributed by atoms with E-state index >= 15 is 0 Å². The van der Waals surface area contributed by atoms with Gasteiger partial charge in [-0.2, -0.15) is 5.10 Å². The Labute approximate surface area is 167 Å². The van der Waals surface area contributed by atoms with Crippen LogP contribution in [0, 0.1) is 6.92 Å². The molecule has 0 aliphatic rings. The van der Waals surface area contributed by atoms with Crippen LogP contribution in [-0.2, 0) is 11.2 Å². The van der Waals surface area contributed by atoms with Gasteiger partial charge in [0.15, 0.2) is 11.7 Å². The quantitative estimate of drug-likeness (QED) is 0.386. The van der Waals surface area contributed by atoms with Crippen LogP contribution in [-0.4, -0.2) is 32.4 Å². The number of hydrogen-bond donors (Lipinski definition) is 4. The Morgan fingerprint density at radius 2 is 1.93 bits per heavy atom. The van der Waals surface area contributed by atoms with E-state index in [1.54, 1.807) is 6.21 Å². The summed E-state index contributed by atoms with van der Waals surface area (Å²) in [4.78, 5) is 18.5. The Morgan fingerprint density at radius 1 is 1.17 bits per heavy atom. The molecule has 0 bridgehead atoms.